The van der Waals surface area contributed by atoms with Crippen molar-refractivity contribution < 1.29 is 4.79 Å². The molecule has 0 bridgehead atoms. The van der Waals surface area contributed by atoms with E-state index in [-0.39, 0.29) is 30.5 Å². The van der Waals surface area contributed by atoms with Crippen molar-refractivity contribution in [2.24, 2.45) is 0 Å². The first-order valence-electron chi connectivity index (χ1n) is 9.22. The fourth-order valence-electron chi connectivity index (χ4n) is 3.79. The van der Waals surface area contributed by atoms with Gasteiger partial charge in [0.2, 0.25) is 5.91 Å². The molecule has 3 aromatic rings. The molecule has 0 unspecified atom stereocenters. The van der Waals surface area contributed by atoms with E-state index in [1.165, 1.54) is 5.56 Å². The lowest BCUT2D eigenvalue weighted by Gasteiger charge is -2.26. The second-order valence-electron chi connectivity index (χ2n) is 6.89. The summed E-state index contributed by atoms with van der Waals surface area (Å²) >= 11 is 0. The Balaban J connectivity index is 1.49. The molecule has 6 nitrogen and oxygen atoms in total. The van der Waals surface area contributed by atoms with Crippen LogP contribution in [0.25, 0.3) is 10.9 Å². The molecule has 0 radical (unpaired) electrons. The van der Waals surface area contributed by atoms with Gasteiger partial charge in [0, 0.05) is 13.0 Å². The number of nitrogens with one attached hydrogen (secondary N) is 2. The molecule has 1 amide bonds. The van der Waals surface area contributed by atoms with Crippen LogP contribution in [0, 0.1) is 0 Å². The van der Waals surface area contributed by atoms with Crippen molar-refractivity contribution in [1.82, 2.24) is 14.9 Å². The van der Waals surface area contributed by atoms with Crippen LogP contribution in [-0.2, 0) is 17.8 Å². The highest BCUT2D eigenvalue weighted by atomic mass is 16.2. The number of aromatic amines is 1. The summed E-state index contributed by atoms with van der Waals surface area (Å²) in [4.78, 5) is 39.9. The summed E-state index contributed by atoms with van der Waals surface area (Å²) in [5.74, 6) is -0.156. The molecule has 0 aliphatic heterocycles. The van der Waals surface area contributed by atoms with Crippen molar-refractivity contribution in [3.63, 3.8) is 0 Å². The molecule has 138 valence electrons. The quantitative estimate of drug-likeness (QED) is 0.746. The Morgan fingerprint density at radius 2 is 1.89 bits per heavy atom. The van der Waals surface area contributed by atoms with Gasteiger partial charge in [0.1, 0.15) is 0 Å². The molecular weight excluding hydrogens is 342 g/mol. The van der Waals surface area contributed by atoms with Gasteiger partial charge in [0.05, 0.1) is 16.9 Å². The molecule has 1 heterocycles. The van der Waals surface area contributed by atoms with Crippen LogP contribution in [0.3, 0.4) is 0 Å². The number of H-pyrrole nitrogens is 1. The van der Waals surface area contributed by atoms with Crippen molar-refractivity contribution in [3.05, 3.63) is 80.5 Å². The maximum absolute atomic E-state index is 12.5. The Kier molecular flexibility index (Phi) is 4.62. The first-order valence-corrected chi connectivity index (χ1v) is 9.22. The Hall–Kier alpha value is -3.15. The Labute approximate surface area is 155 Å². The van der Waals surface area contributed by atoms with Crippen molar-refractivity contribution in [2.45, 2.75) is 38.3 Å². The molecule has 0 saturated carbocycles. The minimum Gasteiger partial charge on any atom is -0.349 e. The normalized spacial score (nSPS) is 16.1. The predicted molar refractivity (Wildman–Crippen MR) is 104 cm³/mol. The van der Waals surface area contributed by atoms with Crippen LogP contribution in [0.4, 0.5) is 0 Å². The Bertz CT molecular complexity index is 1110. The summed E-state index contributed by atoms with van der Waals surface area (Å²) < 4.78 is 1.09. The molecule has 2 aromatic carbocycles. The molecule has 0 saturated heterocycles. The summed E-state index contributed by atoms with van der Waals surface area (Å²) in [7, 11) is 0. The van der Waals surface area contributed by atoms with Gasteiger partial charge in [-0.25, -0.2) is 4.79 Å². The summed E-state index contributed by atoms with van der Waals surface area (Å²) in [5.41, 5.74) is 2.08. The smallest absolute Gasteiger partial charge is 0.328 e. The highest BCUT2D eigenvalue weighted by molar-refractivity contribution is 5.77. The van der Waals surface area contributed by atoms with E-state index in [0.29, 0.717) is 10.9 Å². The van der Waals surface area contributed by atoms with Gasteiger partial charge in [-0.05, 0) is 42.5 Å². The van der Waals surface area contributed by atoms with E-state index < -0.39 is 5.69 Å². The molecule has 0 spiro atoms. The maximum atomic E-state index is 12.5. The summed E-state index contributed by atoms with van der Waals surface area (Å²) in [6, 6.07) is 15.0. The number of hydrogen-bond donors (Lipinski definition) is 2. The van der Waals surface area contributed by atoms with Crippen molar-refractivity contribution in [1.29, 1.82) is 0 Å². The van der Waals surface area contributed by atoms with Gasteiger partial charge < -0.3 is 10.3 Å². The maximum Gasteiger partial charge on any atom is 0.328 e. The monoisotopic (exact) mass is 363 g/mol. The Morgan fingerprint density at radius 1 is 1.11 bits per heavy atom. The fourth-order valence-corrected chi connectivity index (χ4v) is 3.79. The average Bonchev–Trinajstić information content (AvgIpc) is 2.68. The zero-order valence-electron chi connectivity index (χ0n) is 14.9. The number of rotatable bonds is 4. The third-order valence-electron chi connectivity index (χ3n) is 5.16. The van der Waals surface area contributed by atoms with Crippen LogP contribution in [0.1, 0.15) is 36.4 Å². The predicted octanol–water partition coefficient (Wildman–Crippen LogP) is 2.27. The van der Waals surface area contributed by atoms with E-state index in [9.17, 15) is 14.4 Å². The van der Waals surface area contributed by atoms with Gasteiger partial charge in [0.25, 0.3) is 5.56 Å². The number of nitrogens with zero attached hydrogens (tertiary/aromatic N) is 1. The first-order chi connectivity index (χ1) is 13.1. The van der Waals surface area contributed by atoms with Crippen molar-refractivity contribution in [2.75, 3.05) is 0 Å². The van der Waals surface area contributed by atoms with Crippen LogP contribution in [-0.4, -0.2) is 15.5 Å². The second kappa shape index (κ2) is 7.23. The average molecular weight is 363 g/mol. The zero-order valence-corrected chi connectivity index (χ0v) is 14.9. The summed E-state index contributed by atoms with van der Waals surface area (Å²) in [6.07, 6.45) is 3.05. The van der Waals surface area contributed by atoms with Crippen molar-refractivity contribution in [3.8, 4) is 0 Å². The number of aromatic nitrogens is 2. The van der Waals surface area contributed by atoms with E-state index >= 15 is 0 Å². The molecule has 6 heteroatoms. The van der Waals surface area contributed by atoms with Gasteiger partial charge in [-0.15, -0.1) is 0 Å². The van der Waals surface area contributed by atoms with E-state index in [1.807, 2.05) is 12.1 Å². The molecule has 2 N–H and O–H groups in total. The molecule has 1 aliphatic rings. The topological polar surface area (TPSA) is 84.0 Å². The van der Waals surface area contributed by atoms with Crippen molar-refractivity contribution >= 4 is 16.8 Å². The lowest BCUT2D eigenvalue weighted by atomic mass is 9.88. The summed E-state index contributed by atoms with van der Waals surface area (Å²) in [6.45, 7) is 0.0548. The van der Waals surface area contributed by atoms with Gasteiger partial charge in [-0.3, -0.25) is 14.2 Å². The number of benzene rings is 2. The number of para-hydroxylation sites is 1. The molecule has 1 aliphatic carbocycles. The molecule has 0 fully saturated rings. The van der Waals surface area contributed by atoms with Crippen LogP contribution < -0.4 is 16.6 Å². The summed E-state index contributed by atoms with van der Waals surface area (Å²) in [5, 5.41) is 3.50. The number of aryl methyl sites for hydroxylation is 1. The molecule has 1 aromatic heterocycles. The highest BCUT2D eigenvalue weighted by Gasteiger charge is 2.21. The van der Waals surface area contributed by atoms with Crippen LogP contribution in [0.5, 0.6) is 0 Å². The van der Waals surface area contributed by atoms with Crippen LogP contribution in [0.2, 0.25) is 0 Å². The molecule has 27 heavy (non-hydrogen) atoms. The van der Waals surface area contributed by atoms with Crippen LogP contribution >= 0.6 is 0 Å². The van der Waals surface area contributed by atoms with Gasteiger partial charge in [0.15, 0.2) is 0 Å². The molecule has 4 rings (SSSR count). The SMILES string of the molecule is O=C(CCn1c(=O)[nH]c2ccccc2c1=O)N[C@H]1CCCc2ccccc21. The lowest BCUT2D eigenvalue weighted by molar-refractivity contribution is -0.122. The molecule has 1 atom stereocenters. The minimum atomic E-state index is -0.491. The highest BCUT2D eigenvalue weighted by Crippen LogP contribution is 2.29. The van der Waals surface area contributed by atoms with E-state index in [4.69, 9.17) is 0 Å². The first kappa shape index (κ1) is 17.3. The largest absolute Gasteiger partial charge is 0.349 e. The lowest BCUT2D eigenvalue weighted by Crippen LogP contribution is -2.37. The standard InChI is InChI=1S/C21H21N3O3/c25-19(22-17-11-5-7-14-6-1-2-8-15(14)17)12-13-24-20(26)16-9-3-4-10-18(16)23-21(24)27/h1-4,6,8-10,17H,5,7,11-13H2,(H,22,25)(H,23,27)/t17-/m0/s1. The van der Waals surface area contributed by atoms with Gasteiger partial charge >= 0.3 is 5.69 Å². The van der Waals surface area contributed by atoms with E-state index in [2.05, 4.69) is 22.4 Å². The van der Waals surface area contributed by atoms with Gasteiger partial charge in [-0.2, -0.15) is 0 Å². The van der Waals surface area contributed by atoms with E-state index in [0.717, 1.165) is 29.4 Å². The number of fused-ring (bicyclic) bond motifs is 2. The zero-order chi connectivity index (χ0) is 18.8. The third-order valence-corrected chi connectivity index (χ3v) is 5.16. The fraction of sp³-hybridized carbons (Fsp3) is 0.286. The molecular formula is C21H21N3O3. The number of carbonyl (C=O) groups is 1. The van der Waals surface area contributed by atoms with Gasteiger partial charge in [-0.1, -0.05) is 36.4 Å². The van der Waals surface area contributed by atoms with E-state index in [1.54, 1.807) is 24.3 Å². The minimum absolute atomic E-state index is 0.00550. The van der Waals surface area contributed by atoms with Crippen LogP contribution in [0.15, 0.2) is 58.1 Å². The second-order valence-corrected chi connectivity index (χ2v) is 6.89. The third kappa shape index (κ3) is 3.43. The number of hydrogen-bond acceptors (Lipinski definition) is 3. The number of carbonyl (C=O) groups excluding carboxylic acids is 1. The number of amides is 1. The Morgan fingerprint density at radius 3 is 2.78 bits per heavy atom.